The molecule has 0 bridgehead atoms. The van der Waals surface area contributed by atoms with E-state index in [-0.39, 0.29) is 5.91 Å². The predicted octanol–water partition coefficient (Wildman–Crippen LogP) is 3.57. The van der Waals surface area contributed by atoms with Gasteiger partial charge in [-0.15, -0.1) is 0 Å². The molecule has 0 aliphatic heterocycles. The number of rotatable bonds is 2. The van der Waals surface area contributed by atoms with Gasteiger partial charge in [-0.3, -0.25) is 4.79 Å². The Morgan fingerprint density at radius 3 is 2.86 bits per heavy atom. The minimum atomic E-state index is -0.180. The van der Waals surface area contributed by atoms with E-state index in [1.807, 2.05) is 19.1 Å². The number of carbonyl (C=O) groups is 1. The van der Waals surface area contributed by atoms with Gasteiger partial charge in [0, 0.05) is 22.0 Å². The largest absolute Gasteiger partial charge is 0.320 e. The lowest BCUT2D eigenvalue weighted by molar-refractivity contribution is 0.102. The van der Waals surface area contributed by atoms with Crippen LogP contribution in [0.15, 0.2) is 24.5 Å². The highest BCUT2D eigenvalue weighted by Gasteiger charge is 2.20. The molecule has 1 aliphatic rings. The minimum Gasteiger partial charge on any atom is -0.320 e. The van der Waals surface area contributed by atoms with Gasteiger partial charge < -0.3 is 5.32 Å². The molecular weight excluding hydrogens is 286 g/mol. The Morgan fingerprint density at radius 1 is 1.24 bits per heavy atom. The number of aryl methyl sites for hydroxylation is 2. The number of benzene rings is 1. The van der Waals surface area contributed by atoms with Crippen molar-refractivity contribution < 1.29 is 4.79 Å². The first-order valence-corrected chi connectivity index (χ1v) is 7.43. The van der Waals surface area contributed by atoms with Gasteiger partial charge >= 0.3 is 0 Å². The van der Waals surface area contributed by atoms with Crippen molar-refractivity contribution in [2.75, 3.05) is 5.32 Å². The Labute approximate surface area is 128 Å². The highest BCUT2D eigenvalue weighted by atomic mass is 35.5. The van der Waals surface area contributed by atoms with Crippen LogP contribution in [-0.2, 0) is 12.8 Å². The van der Waals surface area contributed by atoms with E-state index in [1.165, 1.54) is 6.33 Å². The number of fused-ring (bicyclic) bond motifs is 1. The summed E-state index contributed by atoms with van der Waals surface area (Å²) in [5, 5.41) is 3.57. The second-order valence-electron chi connectivity index (χ2n) is 5.27. The molecule has 1 aromatic carbocycles. The van der Waals surface area contributed by atoms with Crippen molar-refractivity contribution >= 4 is 23.2 Å². The van der Waals surface area contributed by atoms with E-state index in [2.05, 4.69) is 15.3 Å². The van der Waals surface area contributed by atoms with Gasteiger partial charge in [0.05, 0.1) is 0 Å². The summed E-state index contributed by atoms with van der Waals surface area (Å²) in [4.78, 5) is 21.0. The highest BCUT2D eigenvalue weighted by Crippen LogP contribution is 2.23. The number of hydrogen-bond acceptors (Lipinski definition) is 3. The monoisotopic (exact) mass is 301 g/mol. The molecule has 1 amide bonds. The fourth-order valence-corrected chi connectivity index (χ4v) is 2.89. The molecular formula is C16H16ClN3O. The van der Waals surface area contributed by atoms with Crippen molar-refractivity contribution in [3.8, 4) is 0 Å². The van der Waals surface area contributed by atoms with Gasteiger partial charge in [0.1, 0.15) is 12.0 Å². The fourth-order valence-electron chi connectivity index (χ4n) is 2.67. The van der Waals surface area contributed by atoms with Crippen LogP contribution in [0, 0.1) is 6.92 Å². The Hall–Kier alpha value is -1.94. The number of amides is 1. The van der Waals surface area contributed by atoms with Gasteiger partial charge in [-0.1, -0.05) is 11.6 Å². The Balaban J connectivity index is 1.89. The third-order valence-electron chi connectivity index (χ3n) is 3.78. The molecule has 0 fully saturated rings. The molecule has 21 heavy (non-hydrogen) atoms. The number of anilines is 1. The molecule has 0 atom stereocenters. The van der Waals surface area contributed by atoms with Crippen molar-refractivity contribution in [3.05, 3.63) is 52.1 Å². The molecule has 5 heteroatoms. The zero-order chi connectivity index (χ0) is 14.8. The summed E-state index contributed by atoms with van der Waals surface area (Å²) in [5.74, 6) is -0.180. The second-order valence-corrected chi connectivity index (χ2v) is 5.70. The van der Waals surface area contributed by atoms with Gasteiger partial charge in [-0.2, -0.15) is 0 Å². The van der Waals surface area contributed by atoms with E-state index in [0.717, 1.165) is 48.2 Å². The van der Waals surface area contributed by atoms with Crippen LogP contribution in [0.1, 0.15) is 40.2 Å². The second kappa shape index (κ2) is 5.82. The SMILES string of the molecule is Cc1cc(Cl)ccc1NC(=O)c1ncnc2c1CCCC2. The summed E-state index contributed by atoms with van der Waals surface area (Å²) in [5.41, 5.74) is 4.18. The Kier molecular flexibility index (Phi) is 3.88. The van der Waals surface area contributed by atoms with Crippen molar-refractivity contribution in [1.82, 2.24) is 9.97 Å². The third-order valence-corrected chi connectivity index (χ3v) is 4.01. The first kappa shape index (κ1) is 14.0. The molecule has 1 N–H and O–H groups in total. The highest BCUT2D eigenvalue weighted by molar-refractivity contribution is 6.30. The van der Waals surface area contributed by atoms with E-state index in [4.69, 9.17) is 11.6 Å². The van der Waals surface area contributed by atoms with Gasteiger partial charge in [0.15, 0.2) is 0 Å². The zero-order valence-corrected chi connectivity index (χ0v) is 12.6. The van der Waals surface area contributed by atoms with Gasteiger partial charge in [-0.25, -0.2) is 9.97 Å². The van der Waals surface area contributed by atoms with E-state index >= 15 is 0 Å². The molecule has 0 spiro atoms. The van der Waals surface area contributed by atoms with Crippen LogP contribution in [0.3, 0.4) is 0 Å². The molecule has 3 rings (SSSR count). The summed E-state index contributed by atoms with van der Waals surface area (Å²) in [7, 11) is 0. The number of carbonyl (C=O) groups excluding carboxylic acids is 1. The molecule has 0 saturated carbocycles. The maximum Gasteiger partial charge on any atom is 0.274 e. The zero-order valence-electron chi connectivity index (χ0n) is 11.8. The Morgan fingerprint density at radius 2 is 2.05 bits per heavy atom. The molecule has 1 aliphatic carbocycles. The minimum absolute atomic E-state index is 0.180. The van der Waals surface area contributed by atoms with Gasteiger partial charge in [-0.05, 0) is 56.4 Å². The molecule has 4 nitrogen and oxygen atoms in total. The normalized spacial score (nSPS) is 13.6. The molecule has 108 valence electrons. The lowest BCUT2D eigenvalue weighted by Gasteiger charge is -2.17. The number of halogens is 1. The quantitative estimate of drug-likeness (QED) is 0.922. The maximum absolute atomic E-state index is 12.5. The molecule has 1 aromatic heterocycles. The van der Waals surface area contributed by atoms with Crippen LogP contribution < -0.4 is 5.32 Å². The summed E-state index contributed by atoms with van der Waals surface area (Å²) < 4.78 is 0. The average molecular weight is 302 g/mol. The van der Waals surface area contributed by atoms with E-state index in [0.29, 0.717) is 10.7 Å². The molecule has 0 unspecified atom stereocenters. The standard InChI is InChI=1S/C16H16ClN3O/c1-10-8-11(17)6-7-13(10)20-16(21)15-12-4-2-3-5-14(12)18-9-19-15/h6-9H,2-5H2,1H3,(H,20,21). The number of nitrogens with one attached hydrogen (secondary N) is 1. The number of hydrogen-bond donors (Lipinski definition) is 1. The van der Waals surface area contributed by atoms with Gasteiger partial charge in [0.2, 0.25) is 0 Å². The molecule has 1 heterocycles. The molecule has 2 aromatic rings. The predicted molar refractivity (Wildman–Crippen MR) is 82.8 cm³/mol. The van der Waals surface area contributed by atoms with Crippen LogP contribution in [0.25, 0.3) is 0 Å². The lowest BCUT2D eigenvalue weighted by atomic mass is 9.94. The van der Waals surface area contributed by atoms with Gasteiger partial charge in [0.25, 0.3) is 5.91 Å². The van der Waals surface area contributed by atoms with E-state index in [9.17, 15) is 4.79 Å². The molecule has 0 saturated heterocycles. The first-order valence-electron chi connectivity index (χ1n) is 7.05. The topological polar surface area (TPSA) is 54.9 Å². The van der Waals surface area contributed by atoms with Crippen LogP contribution in [0.5, 0.6) is 0 Å². The number of nitrogens with zero attached hydrogens (tertiary/aromatic N) is 2. The van der Waals surface area contributed by atoms with Crippen LogP contribution in [0.2, 0.25) is 5.02 Å². The van der Waals surface area contributed by atoms with Crippen molar-refractivity contribution in [3.63, 3.8) is 0 Å². The average Bonchev–Trinajstić information content (AvgIpc) is 2.49. The van der Waals surface area contributed by atoms with Crippen molar-refractivity contribution in [1.29, 1.82) is 0 Å². The van der Waals surface area contributed by atoms with Crippen molar-refractivity contribution in [2.45, 2.75) is 32.6 Å². The summed E-state index contributed by atoms with van der Waals surface area (Å²) in [6.45, 7) is 1.91. The van der Waals surface area contributed by atoms with Crippen LogP contribution in [-0.4, -0.2) is 15.9 Å². The smallest absolute Gasteiger partial charge is 0.274 e. The number of aromatic nitrogens is 2. The Bertz CT molecular complexity index is 700. The summed E-state index contributed by atoms with van der Waals surface area (Å²) in [6, 6.07) is 5.40. The first-order chi connectivity index (χ1) is 10.1. The van der Waals surface area contributed by atoms with Crippen molar-refractivity contribution in [2.24, 2.45) is 0 Å². The van der Waals surface area contributed by atoms with E-state index in [1.54, 1.807) is 6.07 Å². The fraction of sp³-hybridized carbons (Fsp3) is 0.312. The summed E-state index contributed by atoms with van der Waals surface area (Å²) >= 11 is 5.93. The van der Waals surface area contributed by atoms with E-state index < -0.39 is 0 Å². The lowest BCUT2D eigenvalue weighted by Crippen LogP contribution is -2.20. The van der Waals surface area contributed by atoms with Crippen LogP contribution >= 0.6 is 11.6 Å². The summed E-state index contributed by atoms with van der Waals surface area (Å²) in [6.07, 6.45) is 5.49. The molecule has 0 radical (unpaired) electrons. The van der Waals surface area contributed by atoms with Crippen LogP contribution in [0.4, 0.5) is 5.69 Å². The third kappa shape index (κ3) is 2.90. The maximum atomic E-state index is 12.5.